The van der Waals surface area contributed by atoms with Crippen molar-refractivity contribution in [2.45, 2.75) is 169 Å². The molecule has 0 bridgehead atoms. The number of allylic oxidation sites excluding steroid dienone is 2. The molecule has 0 saturated heterocycles. The van der Waals surface area contributed by atoms with Crippen molar-refractivity contribution in [3.05, 3.63) is 86.0 Å². The van der Waals surface area contributed by atoms with Crippen LogP contribution in [0.1, 0.15) is 180 Å². The smallest absolute Gasteiger partial charge is 0.280 e. The molecule has 0 heterocycles. The molecule has 0 aliphatic carbocycles. The summed E-state index contributed by atoms with van der Waals surface area (Å²) in [4.78, 5) is 20.3. The first-order valence-corrected chi connectivity index (χ1v) is 21.0. The van der Waals surface area contributed by atoms with Crippen LogP contribution in [0.2, 0.25) is 0 Å². The molecule has 56 heavy (non-hydrogen) atoms. The maximum absolute atomic E-state index is 10.6. The third-order valence-electron chi connectivity index (χ3n) is 7.58. The minimum Gasteiger partial charge on any atom is -0.508 e. The van der Waals surface area contributed by atoms with Crippen LogP contribution < -0.4 is 0 Å². The topological polar surface area (TPSA) is 151 Å². The van der Waals surface area contributed by atoms with E-state index in [1.54, 1.807) is 37.3 Å². The summed E-state index contributed by atoms with van der Waals surface area (Å²) < 4.78 is 0. The van der Waals surface area contributed by atoms with Gasteiger partial charge in [-0.25, -0.2) is 0 Å². The third kappa shape index (κ3) is 48.2. The first kappa shape index (κ1) is 64.1. The zero-order chi connectivity index (χ0) is 44.9. The number of hydrogen-bond acceptors (Lipinski definition) is 7. The lowest BCUT2D eigenvalue weighted by Gasteiger charge is -2.14. The molecule has 0 saturated carbocycles. The Morgan fingerprint density at radius 2 is 1.04 bits per heavy atom. The molecule has 2 rings (SSSR count). The fraction of sp³-hybridized carbons (Fsp3) is 0.638. The Morgan fingerprint density at radius 1 is 0.661 bits per heavy atom. The first-order valence-electron chi connectivity index (χ1n) is 21.0. The second kappa shape index (κ2) is 49.2. The largest absolute Gasteiger partial charge is 0.508 e. The molecule has 2 unspecified atom stereocenters. The predicted molar refractivity (Wildman–Crippen MR) is 248 cm³/mol. The van der Waals surface area contributed by atoms with E-state index in [2.05, 4.69) is 83.1 Å². The second-order valence-corrected chi connectivity index (χ2v) is 13.9. The Hall–Kier alpha value is -3.85. The molecule has 0 aromatic heterocycles. The molecule has 0 aliphatic rings. The molecule has 3 N–H and O–H groups in total. The second-order valence-electron chi connectivity index (χ2n) is 13.9. The minimum atomic E-state index is -0.505. The van der Waals surface area contributed by atoms with Gasteiger partial charge >= 0.3 is 0 Å². The van der Waals surface area contributed by atoms with Crippen molar-refractivity contribution in [1.29, 1.82) is 5.41 Å². The zero-order valence-corrected chi connectivity index (χ0v) is 38.7. The number of aliphatic hydroxyl groups excluding tert-OH is 1. The maximum Gasteiger partial charge on any atom is 0.280 e. The molecule has 0 fully saturated rings. The number of nitro benzene ring substituents is 2. The van der Waals surface area contributed by atoms with Gasteiger partial charge in [-0.05, 0) is 74.3 Å². The van der Waals surface area contributed by atoms with Crippen LogP contribution in [0, 0.1) is 49.3 Å². The number of phenolic OH excluding ortho intramolecular Hbond substituents is 1. The normalized spacial score (nSPS) is 10.7. The Bertz CT molecular complexity index is 1200. The highest BCUT2D eigenvalue weighted by Gasteiger charge is 2.12. The van der Waals surface area contributed by atoms with Gasteiger partial charge in [-0.2, -0.15) is 0 Å². The summed E-state index contributed by atoms with van der Waals surface area (Å²) in [5.41, 5.74) is 1.26. The van der Waals surface area contributed by atoms with Crippen LogP contribution in [0.5, 0.6) is 5.75 Å². The average Bonchev–Trinajstić information content (AvgIpc) is 3.17. The molecule has 0 aliphatic heterocycles. The van der Waals surface area contributed by atoms with Crippen LogP contribution in [-0.2, 0) is 0 Å². The van der Waals surface area contributed by atoms with Crippen LogP contribution >= 0.6 is 0 Å². The van der Waals surface area contributed by atoms with E-state index >= 15 is 0 Å². The van der Waals surface area contributed by atoms with Crippen LogP contribution in [0.15, 0.2) is 54.6 Å². The summed E-state index contributed by atoms with van der Waals surface area (Å²) in [7, 11) is 0. The highest BCUT2D eigenvalue weighted by Crippen LogP contribution is 2.25. The summed E-state index contributed by atoms with van der Waals surface area (Å²) in [6.07, 6.45) is 18.9. The number of nitrogens with zero attached hydrogens (tertiary/aromatic N) is 2. The monoisotopic (exact) mass is 790 g/mol. The number of nitro groups is 2. The summed E-state index contributed by atoms with van der Waals surface area (Å²) >= 11 is 0. The van der Waals surface area contributed by atoms with Crippen molar-refractivity contribution in [2.24, 2.45) is 23.7 Å². The number of para-hydroxylation sites is 1. The van der Waals surface area contributed by atoms with Crippen molar-refractivity contribution in [3.63, 3.8) is 0 Å². The number of rotatable bonds is 13. The lowest BCUT2D eigenvalue weighted by Crippen LogP contribution is -2.04. The summed E-state index contributed by atoms with van der Waals surface area (Å²) in [5.74, 6) is 3.52. The summed E-state index contributed by atoms with van der Waals surface area (Å²) in [6.45, 7) is 34.7. The standard InChI is InChI=1S/C10H11NO3.C10H11NO2.C8H18.C6H14.C5H12.C3H8O.C3H8.C2H5N/c1-2-3-4-8-5-6-9(12)7-10(8)11(13)14;1-2-3-6-9-7-4-5-8-10(9)11(12)13;1-5-7(3)8(4)6-2;1-4-5-6(2)3;1-4-5(2)3;1-2-3-4;1-3-2;1-2-3/h3-7,12H,2H2,1H3;3-8H,2H2,1H3;7-8H,5-6H2,1-4H3;6H,4-5H2,1-3H3;5H,4H2,1-3H3;4H,2-3H2,1H3;3H2,1-2H3;2-3H,1H3/b4-3-;6-3-;;;;;;. The van der Waals surface area contributed by atoms with Crippen molar-refractivity contribution in [3.8, 4) is 5.75 Å². The third-order valence-corrected chi connectivity index (χ3v) is 7.58. The van der Waals surface area contributed by atoms with Gasteiger partial charge in [0.25, 0.3) is 11.4 Å². The van der Waals surface area contributed by atoms with Gasteiger partial charge in [0.05, 0.1) is 27.0 Å². The molecule has 9 nitrogen and oxygen atoms in total. The number of hydrogen-bond donors (Lipinski definition) is 3. The van der Waals surface area contributed by atoms with Gasteiger partial charge in [0.1, 0.15) is 5.75 Å². The molecule has 2 aromatic rings. The Balaban J connectivity index is -0.000000137. The molecule has 2 aromatic carbocycles. The maximum atomic E-state index is 10.6. The predicted octanol–water partition coefficient (Wildman–Crippen LogP) is 15.8. The Morgan fingerprint density at radius 3 is 1.30 bits per heavy atom. The number of aliphatic hydroxyl groups is 1. The van der Waals surface area contributed by atoms with E-state index in [1.165, 1.54) is 62.9 Å². The van der Waals surface area contributed by atoms with E-state index in [0.29, 0.717) is 17.7 Å². The molecule has 0 spiro atoms. The molecule has 9 heteroatoms. The SMILES string of the molecule is CC/C=C\c1ccc(O)cc1[N+](=O)[O-].CC/C=C\c1ccccc1[N+](=O)[O-].CC=N.CCC.CCC(C)C.CCC(C)C(C)CC.CCCC(C)C.CCCO. The lowest BCUT2D eigenvalue weighted by atomic mass is 9.92. The highest BCUT2D eigenvalue weighted by atomic mass is 16.6. The van der Waals surface area contributed by atoms with Crippen molar-refractivity contribution < 1.29 is 20.1 Å². The molecule has 326 valence electrons. The highest BCUT2D eigenvalue weighted by molar-refractivity contribution is 5.62. The van der Waals surface area contributed by atoms with Crippen molar-refractivity contribution >= 4 is 29.7 Å². The van der Waals surface area contributed by atoms with Gasteiger partial charge in [-0.3, -0.25) is 20.2 Å². The van der Waals surface area contributed by atoms with E-state index in [0.717, 1.165) is 49.0 Å². The van der Waals surface area contributed by atoms with Gasteiger partial charge in [0, 0.05) is 12.7 Å². The fourth-order valence-corrected chi connectivity index (χ4v) is 3.50. The fourth-order valence-electron chi connectivity index (χ4n) is 3.50. The molecule has 2 atom stereocenters. The van der Waals surface area contributed by atoms with Crippen LogP contribution in [-0.4, -0.2) is 32.9 Å². The van der Waals surface area contributed by atoms with Crippen molar-refractivity contribution in [1.82, 2.24) is 0 Å². The van der Waals surface area contributed by atoms with Gasteiger partial charge in [-0.1, -0.05) is 179 Å². The number of nitrogens with one attached hydrogen (secondary N) is 1. The first-order chi connectivity index (χ1) is 26.4. The molecule has 0 amide bonds. The summed E-state index contributed by atoms with van der Waals surface area (Å²) in [5, 5.41) is 44.2. The van der Waals surface area contributed by atoms with Crippen LogP contribution in [0.25, 0.3) is 12.2 Å². The van der Waals surface area contributed by atoms with Crippen molar-refractivity contribution in [2.75, 3.05) is 6.61 Å². The Kier molecular flexibility index (Phi) is 56.2. The van der Waals surface area contributed by atoms with E-state index in [-0.39, 0.29) is 22.0 Å². The van der Waals surface area contributed by atoms with Gasteiger partial charge in [0.2, 0.25) is 0 Å². The molecular formula is C47H87N3O6. The lowest BCUT2D eigenvalue weighted by molar-refractivity contribution is -0.385. The number of phenols is 1. The van der Waals surface area contributed by atoms with E-state index < -0.39 is 4.92 Å². The Labute approximate surface area is 345 Å². The minimum absolute atomic E-state index is 0.0744. The van der Waals surface area contributed by atoms with Gasteiger partial charge < -0.3 is 15.6 Å². The van der Waals surface area contributed by atoms with Gasteiger partial charge in [0.15, 0.2) is 0 Å². The van der Waals surface area contributed by atoms with Gasteiger partial charge in [-0.15, -0.1) is 0 Å². The van der Waals surface area contributed by atoms with Crippen LogP contribution in [0.4, 0.5) is 11.4 Å². The average molecular weight is 790 g/mol. The molecular weight excluding hydrogens is 703 g/mol. The van der Waals surface area contributed by atoms with E-state index in [1.807, 2.05) is 32.9 Å². The van der Waals surface area contributed by atoms with E-state index in [9.17, 15) is 20.2 Å². The number of benzene rings is 2. The molecule has 0 radical (unpaired) electrons. The number of aromatic hydroxyl groups is 1. The quantitative estimate of drug-likeness (QED) is 0.104. The van der Waals surface area contributed by atoms with Crippen LogP contribution in [0.3, 0.4) is 0 Å². The zero-order valence-electron chi connectivity index (χ0n) is 38.7. The summed E-state index contributed by atoms with van der Waals surface area (Å²) in [6, 6.07) is 10.8. The van der Waals surface area contributed by atoms with E-state index in [4.69, 9.17) is 15.6 Å².